The van der Waals surface area contributed by atoms with E-state index in [0.717, 1.165) is 11.9 Å². The predicted molar refractivity (Wildman–Crippen MR) is 63.9 cm³/mol. The number of nitriles is 1. The molecule has 1 atom stereocenters. The highest BCUT2D eigenvalue weighted by molar-refractivity contribution is 5.84. The second-order valence-corrected chi connectivity index (χ2v) is 3.88. The summed E-state index contributed by atoms with van der Waals surface area (Å²) in [6, 6.07) is 8.00. The Hall–Kier alpha value is -2.02. The van der Waals surface area contributed by atoms with Gasteiger partial charge in [0, 0.05) is 6.04 Å². The maximum absolute atomic E-state index is 8.99. The van der Waals surface area contributed by atoms with Crippen molar-refractivity contribution in [1.82, 2.24) is 9.55 Å². The number of benzene rings is 1. The van der Waals surface area contributed by atoms with Crippen LogP contribution in [0.1, 0.15) is 31.9 Å². The first-order chi connectivity index (χ1) is 7.69. The zero-order valence-corrected chi connectivity index (χ0v) is 9.44. The molecule has 0 radical (unpaired) electrons. The maximum Gasteiger partial charge on any atom is 0.201 e. The highest BCUT2D eigenvalue weighted by atomic mass is 15.2. The summed E-state index contributed by atoms with van der Waals surface area (Å²) in [5.74, 6) is 0.479. The maximum atomic E-state index is 8.99. The zero-order valence-electron chi connectivity index (χ0n) is 9.44. The van der Waals surface area contributed by atoms with Gasteiger partial charge in [0.2, 0.25) is 5.95 Å². The largest absolute Gasteiger partial charge is 0.369 e. The van der Waals surface area contributed by atoms with Gasteiger partial charge >= 0.3 is 0 Å². The first-order valence-electron chi connectivity index (χ1n) is 5.35. The van der Waals surface area contributed by atoms with Crippen molar-refractivity contribution in [2.24, 2.45) is 0 Å². The fourth-order valence-electron chi connectivity index (χ4n) is 1.87. The van der Waals surface area contributed by atoms with Gasteiger partial charge in [-0.15, -0.1) is 0 Å². The van der Waals surface area contributed by atoms with Crippen LogP contribution >= 0.6 is 0 Å². The minimum Gasteiger partial charge on any atom is -0.369 e. The molecule has 4 heteroatoms. The van der Waals surface area contributed by atoms with Crippen molar-refractivity contribution in [2.45, 2.75) is 26.3 Å². The number of nitrogens with zero attached hydrogens (tertiary/aromatic N) is 3. The number of imidazole rings is 1. The normalized spacial score (nSPS) is 12.6. The molecule has 0 aliphatic heterocycles. The number of nitrogens with two attached hydrogens (primary N) is 1. The lowest BCUT2D eigenvalue weighted by atomic mass is 10.2. The molecule has 0 aliphatic rings. The number of fused-ring (bicyclic) bond motifs is 1. The van der Waals surface area contributed by atoms with E-state index >= 15 is 0 Å². The van der Waals surface area contributed by atoms with E-state index in [4.69, 9.17) is 11.0 Å². The summed E-state index contributed by atoms with van der Waals surface area (Å²) in [5.41, 5.74) is 8.10. The van der Waals surface area contributed by atoms with Crippen LogP contribution in [-0.4, -0.2) is 9.55 Å². The first kappa shape index (κ1) is 10.5. The lowest BCUT2D eigenvalue weighted by Crippen LogP contribution is -2.07. The summed E-state index contributed by atoms with van der Waals surface area (Å²) in [6.07, 6.45) is 0.979. The molecule has 2 N–H and O–H groups in total. The number of hydrogen-bond donors (Lipinski definition) is 1. The van der Waals surface area contributed by atoms with Gasteiger partial charge in [-0.25, -0.2) is 4.98 Å². The summed E-state index contributed by atoms with van der Waals surface area (Å²) in [6.45, 7) is 4.20. The molecular weight excluding hydrogens is 200 g/mol. The van der Waals surface area contributed by atoms with Crippen molar-refractivity contribution in [1.29, 1.82) is 5.26 Å². The fourth-order valence-corrected chi connectivity index (χ4v) is 1.87. The van der Waals surface area contributed by atoms with Gasteiger partial charge < -0.3 is 10.3 Å². The van der Waals surface area contributed by atoms with Crippen LogP contribution in [-0.2, 0) is 0 Å². The minimum atomic E-state index is 0.291. The zero-order chi connectivity index (χ0) is 11.7. The molecule has 0 bridgehead atoms. The van der Waals surface area contributed by atoms with Gasteiger partial charge in [0.05, 0.1) is 11.1 Å². The second kappa shape index (κ2) is 3.86. The molecule has 1 aromatic heterocycles. The molecule has 4 nitrogen and oxygen atoms in total. The minimum absolute atomic E-state index is 0.291. The average Bonchev–Trinajstić information content (AvgIpc) is 2.63. The Balaban J connectivity index is 2.77. The van der Waals surface area contributed by atoms with Crippen molar-refractivity contribution >= 4 is 17.0 Å². The highest BCUT2D eigenvalue weighted by Gasteiger charge is 2.14. The van der Waals surface area contributed by atoms with E-state index in [1.165, 1.54) is 0 Å². The number of aromatic nitrogens is 2. The molecule has 2 aromatic rings. The van der Waals surface area contributed by atoms with E-state index in [2.05, 4.69) is 24.9 Å². The smallest absolute Gasteiger partial charge is 0.201 e. The Morgan fingerprint density at radius 2 is 2.31 bits per heavy atom. The quantitative estimate of drug-likeness (QED) is 0.834. The monoisotopic (exact) mass is 214 g/mol. The van der Waals surface area contributed by atoms with E-state index in [1.807, 2.05) is 16.7 Å². The lowest BCUT2D eigenvalue weighted by molar-refractivity contribution is 0.552. The highest BCUT2D eigenvalue weighted by Crippen LogP contribution is 2.26. The third kappa shape index (κ3) is 1.41. The predicted octanol–water partition coefficient (Wildman–Crippen LogP) is 2.46. The van der Waals surface area contributed by atoms with Crippen LogP contribution in [0.4, 0.5) is 5.95 Å². The fraction of sp³-hybridized carbons (Fsp3) is 0.333. The van der Waals surface area contributed by atoms with Crippen LogP contribution in [0.25, 0.3) is 11.0 Å². The standard InChI is InChI=1S/C12H14N4/c1-3-8(2)16-10-6-4-5-9(7-13)11(10)15-12(16)14/h4-6,8H,3H2,1-2H3,(H2,14,15). The molecule has 2 rings (SSSR count). The molecule has 1 unspecified atom stereocenters. The Kier molecular flexibility index (Phi) is 2.53. The Morgan fingerprint density at radius 1 is 1.56 bits per heavy atom. The van der Waals surface area contributed by atoms with Crippen molar-refractivity contribution in [3.8, 4) is 6.07 Å². The third-order valence-corrected chi connectivity index (χ3v) is 2.90. The second-order valence-electron chi connectivity index (χ2n) is 3.88. The van der Waals surface area contributed by atoms with Crippen molar-refractivity contribution < 1.29 is 0 Å². The molecule has 0 fully saturated rings. The molecule has 0 spiro atoms. The van der Waals surface area contributed by atoms with Crippen LogP contribution in [0.15, 0.2) is 18.2 Å². The van der Waals surface area contributed by atoms with Crippen molar-refractivity contribution in [2.75, 3.05) is 5.73 Å². The van der Waals surface area contributed by atoms with Crippen LogP contribution in [0.3, 0.4) is 0 Å². The summed E-state index contributed by atoms with van der Waals surface area (Å²) >= 11 is 0. The van der Waals surface area contributed by atoms with Crippen LogP contribution in [0, 0.1) is 11.3 Å². The Bertz CT molecular complexity index is 562. The molecule has 0 aliphatic carbocycles. The van der Waals surface area contributed by atoms with Crippen LogP contribution in [0.5, 0.6) is 0 Å². The van der Waals surface area contributed by atoms with Gasteiger partial charge in [-0.1, -0.05) is 13.0 Å². The van der Waals surface area contributed by atoms with E-state index in [0.29, 0.717) is 23.1 Å². The molecule has 0 amide bonds. The number of hydrogen-bond acceptors (Lipinski definition) is 3. The molecular formula is C12H14N4. The number of anilines is 1. The summed E-state index contributed by atoms with van der Waals surface area (Å²) in [4.78, 5) is 4.27. The van der Waals surface area contributed by atoms with Gasteiger partial charge in [-0.3, -0.25) is 0 Å². The molecule has 82 valence electrons. The first-order valence-corrected chi connectivity index (χ1v) is 5.35. The van der Waals surface area contributed by atoms with Gasteiger partial charge in [0.15, 0.2) is 0 Å². The summed E-state index contributed by atoms with van der Waals surface area (Å²) < 4.78 is 1.98. The lowest BCUT2D eigenvalue weighted by Gasteiger charge is -2.13. The van der Waals surface area contributed by atoms with Gasteiger partial charge in [0.1, 0.15) is 11.6 Å². The van der Waals surface area contributed by atoms with Crippen LogP contribution in [0.2, 0.25) is 0 Å². The van der Waals surface area contributed by atoms with E-state index < -0.39 is 0 Å². The SMILES string of the molecule is CCC(C)n1c(N)nc2c(C#N)cccc21. The number of nitrogen functional groups attached to an aromatic ring is 1. The van der Waals surface area contributed by atoms with Crippen molar-refractivity contribution in [3.63, 3.8) is 0 Å². The van der Waals surface area contributed by atoms with Gasteiger partial charge in [0.25, 0.3) is 0 Å². The Morgan fingerprint density at radius 3 is 2.94 bits per heavy atom. The summed E-state index contributed by atoms with van der Waals surface area (Å²) in [5, 5.41) is 8.99. The number of rotatable bonds is 2. The summed E-state index contributed by atoms with van der Waals surface area (Å²) in [7, 11) is 0. The van der Waals surface area contributed by atoms with E-state index in [-0.39, 0.29) is 0 Å². The van der Waals surface area contributed by atoms with Gasteiger partial charge in [-0.2, -0.15) is 5.26 Å². The van der Waals surface area contributed by atoms with E-state index in [9.17, 15) is 0 Å². The topological polar surface area (TPSA) is 67.6 Å². The molecule has 0 saturated carbocycles. The third-order valence-electron chi connectivity index (χ3n) is 2.90. The molecule has 0 saturated heterocycles. The van der Waals surface area contributed by atoms with Crippen molar-refractivity contribution in [3.05, 3.63) is 23.8 Å². The molecule has 1 aromatic carbocycles. The van der Waals surface area contributed by atoms with Gasteiger partial charge in [-0.05, 0) is 25.5 Å². The van der Waals surface area contributed by atoms with Crippen LogP contribution < -0.4 is 5.73 Å². The van der Waals surface area contributed by atoms with E-state index in [1.54, 1.807) is 6.07 Å². The molecule has 1 heterocycles. The molecule has 16 heavy (non-hydrogen) atoms. The Labute approximate surface area is 94.3 Å². The number of para-hydroxylation sites is 1. The average molecular weight is 214 g/mol.